The lowest BCUT2D eigenvalue weighted by molar-refractivity contribution is -0.156. The largest absolute Gasteiger partial charge is 0.481 e. The molecule has 0 bridgehead atoms. The van der Waals surface area contributed by atoms with E-state index in [1.165, 1.54) is 6.42 Å². The second-order valence-corrected chi connectivity index (χ2v) is 4.92. The van der Waals surface area contributed by atoms with E-state index in [0.29, 0.717) is 6.42 Å². The van der Waals surface area contributed by atoms with E-state index in [2.05, 4.69) is 0 Å². The lowest BCUT2D eigenvalue weighted by Gasteiger charge is -2.36. The van der Waals surface area contributed by atoms with Crippen molar-refractivity contribution in [2.24, 2.45) is 11.8 Å². The van der Waals surface area contributed by atoms with Gasteiger partial charge in [0.2, 0.25) is 0 Å². The smallest absolute Gasteiger partial charge is 0.309 e. The minimum atomic E-state index is -1.06. The van der Waals surface area contributed by atoms with Crippen LogP contribution in [0.5, 0.6) is 0 Å². The number of aliphatic hydroxyl groups is 1. The van der Waals surface area contributed by atoms with Gasteiger partial charge in [-0.1, -0.05) is 26.2 Å². The van der Waals surface area contributed by atoms with Crippen LogP contribution in [0.3, 0.4) is 0 Å². The van der Waals surface area contributed by atoms with Crippen LogP contribution in [0.1, 0.15) is 52.4 Å². The number of carboxylic acid groups (broad SMARTS) is 1. The highest BCUT2D eigenvalue weighted by atomic mass is 16.4. The SMILES string of the molecule is CC[C@@](C)(O)[C@@H](C(=O)O)C1CCCCC1. The van der Waals surface area contributed by atoms with E-state index in [-0.39, 0.29) is 5.92 Å². The molecule has 1 rings (SSSR count). The van der Waals surface area contributed by atoms with Gasteiger partial charge in [-0.15, -0.1) is 0 Å². The van der Waals surface area contributed by atoms with E-state index < -0.39 is 17.5 Å². The van der Waals surface area contributed by atoms with E-state index >= 15 is 0 Å². The predicted octanol–water partition coefficient (Wildman–Crippen LogP) is 2.43. The molecule has 15 heavy (non-hydrogen) atoms. The Morgan fingerprint density at radius 3 is 2.33 bits per heavy atom. The fraction of sp³-hybridized carbons (Fsp3) is 0.917. The van der Waals surface area contributed by atoms with Gasteiger partial charge in [-0.3, -0.25) is 4.79 Å². The standard InChI is InChI=1S/C12H22O3/c1-3-12(2,15)10(11(13)14)9-7-5-4-6-8-9/h9-10,15H,3-8H2,1-2H3,(H,13,14)/t10-,12-/m1/s1. The molecule has 1 aliphatic rings. The van der Waals surface area contributed by atoms with E-state index in [0.717, 1.165) is 25.7 Å². The molecule has 3 nitrogen and oxygen atoms in total. The van der Waals surface area contributed by atoms with Crippen molar-refractivity contribution in [2.45, 2.75) is 58.0 Å². The van der Waals surface area contributed by atoms with Crippen LogP contribution in [-0.2, 0) is 4.79 Å². The second kappa shape index (κ2) is 4.97. The minimum Gasteiger partial charge on any atom is -0.481 e. The highest BCUT2D eigenvalue weighted by molar-refractivity contribution is 5.71. The summed E-state index contributed by atoms with van der Waals surface area (Å²) in [5.74, 6) is -1.28. The van der Waals surface area contributed by atoms with Crippen molar-refractivity contribution in [1.29, 1.82) is 0 Å². The first-order chi connectivity index (χ1) is 6.99. The van der Waals surface area contributed by atoms with Gasteiger partial charge in [0.1, 0.15) is 0 Å². The third-order valence-corrected chi connectivity index (χ3v) is 3.77. The maximum absolute atomic E-state index is 11.2. The Kier molecular flexibility index (Phi) is 4.14. The third-order valence-electron chi connectivity index (χ3n) is 3.77. The summed E-state index contributed by atoms with van der Waals surface area (Å²) in [5, 5.41) is 19.4. The summed E-state index contributed by atoms with van der Waals surface area (Å²) in [6, 6.07) is 0. The van der Waals surface area contributed by atoms with Crippen LogP contribution in [0.15, 0.2) is 0 Å². The molecule has 0 spiro atoms. The van der Waals surface area contributed by atoms with Crippen LogP contribution in [0, 0.1) is 11.8 Å². The van der Waals surface area contributed by atoms with Gasteiger partial charge in [-0.25, -0.2) is 0 Å². The topological polar surface area (TPSA) is 57.5 Å². The zero-order valence-corrected chi connectivity index (χ0v) is 9.70. The van der Waals surface area contributed by atoms with Crippen molar-refractivity contribution in [3.63, 3.8) is 0 Å². The van der Waals surface area contributed by atoms with Gasteiger partial charge in [0.15, 0.2) is 0 Å². The van der Waals surface area contributed by atoms with Gasteiger partial charge in [-0.05, 0) is 32.1 Å². The zero-order chi connectivity index (χ0) is 11.5. The van der Waals surface area contributed by atoms with E-state index in [1.807, 2.05) is 6.92 Å². The molecular weight excluding hydrogens is 192 g/mol. The normalized spacial score (nSPS) is 24.5. The van der Waals surface area contributed by atoms with Gasteiger partial charge in [0.25, 0.3) is 0 Å². The first-order valence-electron chi connectivity index (χ1n) is 5.94. The summed E-state index contributed by atoms with van der Waals surface area (Å²) >= 11 is 0. The first kappa shape index (κ1) is 12.5. The lowest BCUT2D eigenvalue weighted by Crippen LogP contribution is -2.44. The van der Waals surface area contributed by atoms with Crippen molar-refractivity contribution >= 4 is 5.97 Å². The highest BCUT2D eigenvalue weighted by Gasteiger charge is 2.41. The predicted molar refractivity (Wildman–Crippen MR) is 58.6 cm³/mol. The summed E-state index contributed by atoms with van der Waals surface area (Å²) < 4.78 is 0. The van der Waals surface area contributed by atoms with Crippen molar-refractivity contribution in [3.8, 4) is 0 Å². The number of carboxylic acids is 1. The molecule has 0 radical (unpaired) electrons. The van der Waals surface area contributed by atoms with Crippen LogP contribution in [0.4, 0.5) is 0 Å². The molecule has 0 heterocycles. The maximum Gasteiger partial charge on any atom is 0.309 e. The molecule has 0 aromatic heterocycles. The van der Waals surface area contributed by atoms with Crippen LogP contribution >= 0.6 is 0 Å². The van der Waals surface area contributed by atoms with Gasteiger partial charge >= 0.3 is 5.97 Å². The second-order valence-electron chi connectivity index (χ2n) is 4.92. The first-order valence-corrected chi connectivity index (χ1v) is 5.94. The van der Waals surface area contributed by atoms with Crippen molar-refractivity contribution in [3.05, 3.63) is 0 Å². The van der Waals surface area contributed by atoms with Crippen molar-refractivity contribution in [1.82, 2.24) is 0 Å². The average molecular weight is 214 g/mol. The van der Waals surface area contributed by atoms with Crippen LogP contribution < -0.4 is 0 Å². The molecule has 0 aromatic carbocycles. The Bertz CT molecular complexity index is 217. The third kappa shape index (κ3) is 2.94. The quantitative estimate of drug-likeness (QED) is 0.755. The van der Waals surface area contributed by atoms with E-state index in [1.54, 1.807) is 6.92 Å². The number of carbonyl (C=O) groups is 1. The molecular formula is C12H22O3. The van der Waals surface area contributed by atoms with Crippen LogP contribution in [-0.4, -0.2) is 21.8 Å². The Hall–Kier alpha value is -0.570. The van der Waals surface area contributed by atoms with Gasteiger partial charge in [0, 0.05) is 0 Å². The Morgan fingerprint density at radius 2 is 1.93 bits per heavy atom. The number of hydrogen-bond acceptors (Lipinski definition) is 2. The zero-order valence-electron chi connectivity index (χ0n) is 9.70. The maximum atomic E-state index is 11.2. The van der Waals surface area contributed by atoms with Crippen LogP contribution in [0.25, 0.3) is 0 Å². The van der Waals surface area contributed by atoms with Crippen molar-refractivity contribution in [2.75, 3.05) is 0 Å². The summed E-state index contributed by atoms with van der Waals surface area (Å²) in [6.45, 7) is 3.50. The number of aliphatic carboxylic acids is 1. The number of rotatable bonds is 4. The molecule has 2 N–H and O–H groups in total. The molecule has 1 saturated carbocycles. The lowest BCUT2D eigenvalue weighted by atomic mass is 9.71. The molecule has 2 atom stereocenters. The fourth-order valence-corrected chi connectivity index (χ4v) is 2.66. The highest BCUT2D eigenvalue weighted by Crippen LogP contribution is 2.37. The summed E-state index contributed by atoms with van der Waals surface area (Å²) in [6.07, 6.45) is 5.82. The summed E-state index contributed by atoms with van der Waals surface area (Å²) in [5.41, 5.74) is -1.06. The van der Waals surface area contributed by atoms with Crippen LogP contribution in [0.2, 0.25) is 0 Å². The van der Waals surface area contributed by atoms with Crippen molar-refractivity contribution < 1.29 is 15.0 Å². The molecule has 3 heteroatoms. The average Bonchev–Trinajstić information content (AvgIpc) is 2.18. The Morgan fingerprint density at radius 1 is 1.40 bits per heavy atom. The monoisotopic (exact) mass is 214 g/mol. The number of hydrogen-bond donors (Lipinski definition) is 2. The molecule has 0 amide bonds. The molecule has 1 aliphatic carbocycles. The van der Waals surface area contributed by atoms with Gasteiger partial charge < -0.3 is 10.2 Å². The minimum absolute atomic E-state index is 0.159. The summed E-state index contributed by atoms with van der Waals surface area (Å²) in [4.78, 5) is 11.2. The Labute approximate surface area is 91.5 Å². The molecule has 0 aliphatic heterocycles. The Balaban J connectivity index is 2.76. The molecule has 0 aromatic rings. The molecule has 0 unspecified atom stereocenters. The molecule has 88 valence electrons. The molecule has 0 saturated heterocycles. The van der Waals surface area contributed by atoms with Gasteiger partial charge in [0.05, 0.1) is 11.5 Å². The molecule has 1 fully saturated rings. The van der Waals surface area contributed by atoms with E-state index in [4.69, 9.17) is 0 Å². The van der Waals surface area contributed by atoms with Gasteiger partial charge in [-0.2, -0.15) is 0 Å². The fourth-order valence-electron chi connectivity index (χ4n) is 2.66. The van der Waals surface area contributed by atoms with E-state index in [9.17, 15) is 15.0 Å². The summed E-state index contributed by atoms with van der Waals surface area (Å²) in [7, 11) is 0.